The molecule has 0 aliphatic carbocycles. The van der Waals surface area contributed by atoms with Gasteiger partial charge in [0.1, 0.15) is 11.9 Å². The smallest absolute Gasteiger partial charge is 0.121 e. The molecule has 0 amide bonds. The molecule has 0 saturated carbocycles. The molecule has 2 nitrogen and oxygen atoms in total. The molecule has 0 saturated heterocycles. The van der Waals surface area contributed by atoms with Gasteiger partial charge in [-0.05, 0) is 17.7 Å². The molecule has 0 bridgehead atoms. The van der Waals surface area contributed by atoms with E-state index in [2.05, 4.69) is 12.1 Å². The van der Waals surface area contributed by atoms with Crippen molar-refractivity contribution in [1.29, 1.82) is 0 Å². The molecule has 1 aromatic carbocycles. The van der Waals surface area contributed by atoms with Crippen LogP contribution in [0.25, 0.3) is 0 Å². The second-order valence-corrected chi connectivity index (χ2v) is 5.21. The van der Waals surface area contributed by atoms with E-state index in [4.69, 9.17) is 4.74 Å². The molecule has 0 radical (unpaired) electrons. The number of ether oxygens (including phenoxy) is 1. The minimum absolute atomic E-state index is 0.186. The molecular formula is C13H14O2S. The Labute approximate surface area is 99.3 Å². The topological polar surface area (TPSA) is 29.5 Å². The molecule has 16 heavy (non-hydrogen) atoms. The van der Waals surface area contributed by atoms with Gasteiger partial charge in [-0.25, -0.2) is 0 Å². The number of aliphatic hydroxyl groups excluding tert-OH is 1. The Morgan fingerprint density at radius 3 is 3.06 bits per heavy atom. The number of thioether (sulfide) groups is 1. The van der Waals surface area contributed by atoms with Crippen LogP contribution in [0.2, 0.25) is 0 Å². The van der Waals surface area contributed by atoms with Crippen molar-refractivity contribution in [2.24, 2.45) is 0 Å². The van der Waals surface area contributed by atoms with Crippen LogP contribution in [0.15, 0.2) is 41.0 Å². The number of aliphatic hydroxyl groups is 1. The fraction of sp³-hybridized carbons (Fsp3) is 0.385. The maximum atomic E-state index is 10.3. The average Bonchev–Trinajstić information content (AvgIpc) is 2.98. The molecule has 2 atom stereocenters. The first-order chi connectivity index (χ1) is 7.86. The Kier molecular flexibility index (Phi) is 2.65. The Bertz CT molecular complexity index is 428. The first-order valence-corrected chi connectivity index (χ1v) is 6.57. The monoisotopic (exact) mass is 234 g/mol. The minimum Gasteiger partial charge on any atom is -0.495 e. The van der Waals surface area contributed by atoms with Crippen LogP contribution in [0.3, 0.4) is 0 Å². The zero-order valence-electron chi connectivity index (χ0n) is 8.93. The fourth-order valence-electron chi connectivity index (χ4n) is 2.29. The molecule has 1 aromatic rings. The summed E-state index contributed by atoms with van der Waals surface area (Å²) in [5, 5.41) is 10.3. The largest absolute Gasteiger partial charge is 0.495 e. The molecule has 0 aromatic heterocycles. The van der Waals surface area contributed by atoms with Crippen molar-refractivity contribution in [2.45, 2.75) is 23.3 Å². The van der Waals surface area contributed by atoms with Crippen molar-refractivity contribution >= 4 is 11.8 Å². The van der Waals surface area contributed by atoms with Crippen LogP contribution in [-0.2, 0) is 4.74 Å². The van der Waals surface area contributed by atoms with E-state index in [0.717, 1.165) is 17.9 Å². The van der Waals surface area contributed by atoms with Crippen LogP contribution in [0.4, 0.5) is 0 Å². The van der Waals surface area contributed by atoms with Crippen molar-refractivity contribution in [2.75, 3.05) is 12.4 Å². The Morgan fingerprint density at radius 2 is 2.25 bits per heavy atom. The Balaban J connectivity index is 1.87. The lowest BCUT2D eigenvalue weighted by molar-refractivity contribution is 0.103. The molecule has 2 unspecified atom stereocenters. The molecule has 2 heterocycles. The van der Waals surface area contributed by atoms with E-state index in [1.165, 1.54) is 10.5 Å². The van der Waals surface area contributed by atoms with Gasteiger partial charge in [0.25, 0.3) is 0 Å². The predicted octanol–water partition coefficient (Wildman–Crippen LogP) is 2.54. The van der Waals surface area contributed by atoms with E-state index in [1.807, 2.05) is 30.0 Å². The summed E-state index contributed by atoms with van der Waals surface area (Å²) in [7, 11) is 0. The predicted molar refractivity (Wildman–Crippen MR) is 64.6 cm³/mol. The SMILES string of the molecule is OC(C1=CCCO1)C1CSc2ccccc21. The van der Waals surface area contributed by atoms with Gasteiger partial charge in [-0.3, -0.25) is 0 Å². The summed E-state index contributed by atoms with van der Waals surface area (Å²) in [6.07, 6.45) is 2.46. The second-order valence-electron chi connectivity index (χ2n) is 4.14. The highest BCUT2D eigenvalue weighted by Crippen LogP contribution is 2.42. The van der Waals surface area contributed by atoms with Crippen molar-refractivity contribution in [1.82, 2.24) is 0 Å². The summed E-state index contributed by atoms with van der Waals surface area (Å²) >= 11 is 1.82. The third-order valence-electron chi connectivity index (χ3n) is 3.14. The standard InChI is InChI=1S/C13H14O2S/c14-13(11-5-3-7-15-11)10-8-16-12-6-2-1-4-9(10)12/h1-2,4-6,10,13-14H,3,7-8H2. The van der Waals surface area contributed by atoms with Gasteiger partial charge in [0.15, 0.2) is 0 Å². The van der Waals surface area contributed by atoms with Crippen molar-refractivity contribution in [3.63, 3.8) is 0 Å². The molecule has 2 aliphatic heterocycles. The van der Waals surface area contributed by atoms with Gasteiger partial charge in [0.05, 0.1) is 6.61 Å². The molecule has 0 fully saturated rings. The highest BCUT2D eigenvalue weighted by atomic mass is 32.2. The van der Waals surface area contributed by atoms with Crippen LogP contribution in [0.5, 0.6) is 0 Å². The maximum absolute atomic E-state index is 10.3. The molecule has 1 N–H and O–H groups in total. The maximum Gasteiger partial charge on any atom is 0.121 e. The molecule has 84 valence electrons. The summed E-state index contributed by atoms with van der Waals surface area (Å²) in [4.78, 5) is 1.30. The second kappa shape index (κ2) is 4.15. The number of rotatable bonds is 2. The average molecular weight is 234 g/mol. The van der Waals surface area contributed by atoms with Crippen LogP contribution < -0.4 is 0 Å². The fourth-order valence-corrected chi connectivity index (χ4v) is 3.57. The lowest BCUT2D eigenvalue weighted by Crippen LogP contribution is -2.21. The highest BCUT2D eigenvalue weighted by molar-refractivity contribution is 7.99. The first kappa shape index (κ1) is 10.2. The van der Waals surface area contributed by atoms with E-state index < -0.39 is 6.10 Å². The first-order valence-electron chi connectivity index (χ1n) is 5.59. The van der Waals surface area contributed by atoms with Gasteiger partial charge in [0.2, 0.25) is 0 Å². The third-order valence-corrected chi connectivity index (χ3v) is 4.35. The molecule has 2 aliphatic rings. The summed E-state index contributed by atoms with van der Waals surface area (Å²) in [6.45, 7) is 0.716. The molecule has 0 spiro atoms. The van der Waals surface area contributed by atoms with Crippen LogP contribution in [0, 0.1) is 0 Å². The normalized spacial score (nSPS) is 24.8. The minimum atomic E-state index is -0.473. The lowest BCUT2D eigenvalue weighted by Gasteiger charge is -2.19. The molecular weight excluding hydrogens is 220 g/mol. The van der Waals surface area contributed by atoms with E-state index >= 15 is 0 Å². The van der Waals surface area contributed by atoms with Crippen LogP contribution in [0.1, 0.15) is 17.9 Å². The van der Waals surface area contributed by atoms with E-state index in [-0.39, 0.29) is 5.92 Å². The third kappa shape index (κ3) is 1.64. The van der Waals surface area contributed by atoms with Gasteiger partial charge < -0.3 is 9.84 Å². The molecule has 3 rings (SSSR count). The summed E-state index contributed by atoms with van der Waals surface area (Å²) in [6, 6.07) is 8.32. The van der Waals surface area contributed by atoms with Crippen LogP contribution >= 0.6 is 11.8 Å². The van der Waals surface area contributed by atoms with Crippen LogP contribution in [-0.4, -0.2) is 23.6 Å². The van der Waals surface area contributed by atoms with Crippen molar-refractivity contribution in [3.05, 3.63) is 41.7 Å². The zero-order valence-corrected chi connectivity index (χ0v) is 9.74. The van der Waals surface area contributed by atoms with Gasteiger partial charge in [-0.2, -0.15) is 0 Å². The number of hydrogen-bond donors (Lipinski definition) is 1. The van der Waals surface area contributed by atoms with E-state index in [0.29, 0.717) is 6.61 Å². The van der Waals surface area contributed by atoms with Gasteiger partial charge >= 0.3 is 0 Å². The summed E-state index contributed by atoms with van der Waals surface area (Å²) in [5.74, 6) is 1.90. The van der Waals surface area contributed by atoms with Gasteiger partial charge in [-0.15, -0.1) is 11.8 Å². The van der Waals surface area contributed by atoms with Crippen molar-refractivity contribution in [3.8, 4) is 0 Å². The number of benzene rings is 1. The zero-order chi connectivity index (χ0) is 11.0. The summed E-state index contributed by atoms with van der Waals surface area (Å²) < 4.78 is 5.44. The summed E-state index contributed by atoms with van der Waals surface area (Å²) in [5.41, 5.74) is 1.26. The van der Waals surface area contributed by atoms with Gasteiger partial charge in [0, 0.05) is 23.0 Å². The number of hydrogen-bond acceptors (Lipinski definition) is 3. The lowest BCUT2D eigenvalue weighted by atomic mass is 9.94. The molecule has 3 heteroatoms. The van der Waals surface area contributed by atoms with Gasteiger partial charge in [-0.1, -0.05) is 18.2 Å². The number of fused-ring (bicyclic) bond motifs is 1. The van der Waals surface area contributed by atoms with E-state index in [9.17, 15) is 5.11 Å². The van der Waals surface area contributed by atoms with Crippen molar-refractivity contribution < 1.29 is 9.84 Å². The highest BCUT2D eigenvalue weighted by Gasteiger charge is 2.32. The van der Waals surface area contributed by atoms with E-state index in [1.54, 1.807) is 0 Å². The Hall–Kier alpha value is -0.930. The Morgan fingerprint density at radius 1 is 1.38 bits per heavy atom. The quantitative estimate of drug-likeness (QED) is 0.852.